The van der Waals surface area contributed by atoms with E-state index in [2.05, 4.69) is 67.1 Å². The van der Waals surface area contributed by atoms with Crippen LogP contribution in [-0.2, 0) is 12.8 Å². The quantitative estimate of drug-likeness (QED) is 0.528. The third-order valence-electron chi connectivity index (χ3n) is 6.89. The Morgan fingerprint density at radius 3 is 2.44 bits per heavy atom. The fraction of sp³-hybridized carbons (Fsp3) is 0.483. The summed E-state index contributed by atoms with van der Waals surface area (Å²) in [5.41, 5.74) is 4.63. The number of carbonyl (C=O) groups is 1. The van der Waals surface area contributed by atoms with Gasteiger partial charge in [0.15, 0.2) is 0 Å². The van der Waals surface area contributed by atoms with Gasteiger partial charge >= 0.3 is 0 Å². The molecule has 1 amide bonds. The molecular weight excluding hydrogens is 420 g/mol. The van der Waals surface area contributed by atoms with Gasteiger partial charge in [0.2, 0.25) is 0 Å². The van der Waals surface area contributed by atoms with E-state index >= 15 is 0 Å². The van der Waals surface area contributed by atoms with Crippen LogP contribution < -0.4 is 0 Å². The van der Waals surface area contributed by atoms with E-state index in [9.17, 15) is 4.79 Å². The summed E-state index contributed by atoms with van der Waals surface area (Å²) in [6, 6.07) is 17.0. The van der Waals surface area contributed by atoms with Crippen molar-refractivity contribution in [3.63, 3.8) is 0 Å². The van der Waals surface area contributed by atoms with Gasteiger partial charge in [0.25, 0.3) is 5.91 Å². The van der Waals surface area contributed by atoms with E-state index in [1.807, 2.05) is 17.0 Å². The minimum Gasteiger partial charge on any atom is -0.356 e. The average molecular weight is 459 g/mol. The van der Waals surface area contributed by atoms with Crippen LogP contribution in [0.1, 0.15) is 66.6 Å². The zero-order chi connectivity index (χ0) is 23.9. The highest BCUT2D eigenvalue weighted by atomic mass is 16.2. The van der Waals surface area contributed by atoms with Gasteiger partial charge in [0.1, 0.15) is 11.7 Å². The fourth-order valence-electron chi connectivity index (χ4n) is 4.79. The highest BCUT2D eigenvalue weighted by Gasteiger charge is 2.30. The van der Waals surface area contributed by atoms with Crippen LogP contribution in [0.5, 0.6) is 0 Å². The van der Waals surface area contributed by atoms with Crippen molar-refractivity contribution in [1.82, 2.24) is 9.80 Å². The second kappa shape index (κ2) is 11.5. The van der Waals surface area contributed by atoms with Gasteiger partial charge in [0, 0.05) is 50.6 Å². The van der Waals surface area contributed by atoms with Crippen molar-refractivity contribution < 1.29 is 4.79 Å². The van der Waals surface area contributed by atoms with Crippen LogP contribution in [0.3, 0.4) is 0 Å². The number of unbranched alkanes of at least 4 members (excludes halogenated alkanes) is 2. The molecule has 0 bridgehead atoms. The molecule has 1 saturated heterocycles. The van der Waals surface area contributed by atoms with Crippen LogP contribution in [0, 0.1) is 6.92 Å². The summed E-state index contributed by atoms with van der Waals surface area (Å²) in [6.07, 6.45) is 6.43. The normalized spacial score (nSPS) is 18.5. The number of nitrogens with zero attached hydrogens (tertiary/aromatic N) is 4. The van der Waals surface area contributed by atoms with Gasteiger partial charge in [-0.2, -0.15) is 0 Å². The molecule has 5 nitrogen and oxygen atoms in total. The average Bonchev–Trinajstić information content (AvgIpc) is 2.86. The summed E-state index contributed by atoms with van der Waals surface area (Å²) in [5.74, 6) is 2.17. The lowest BCUT2D eigenvalue weighted by Crippen LogP contribution is -2.55. The molecular formula is C29H38N4O. The minimum absolute atomic E-state index is 0.138. The summed E-state index contributed by atoms with van der Waals surface area (Å²) in [4.78, 5) is 27.2. The van der Waals surface area contributed by atoms with E-state index in [4.69, 9.17) is 4.99 Å². The molecule has 34 heavy (non-hydrogen) atoms. The predicted octanol–water partition coefficient (Wildman–Crippen LogP) is 5.32. The smallest absolute Gasteiger partial charge is 0.254 e. The van der Waals surface area contributed by atoms with Crippen LogP contribution in [0.15, 0.2) is 58.5 Å². The molecule has 0 aromatic heterocycles. The Morgan fingerprint density at radius 1 is 1.00 bits per heavy atom. The maximum atomic E-state index is 13.2. The first-order valence-corrected chi connectivity index (χ1v) is 12.8. The second-order valence-electron chi connectivity index (χ2n) is 9.69. The number of aryl methyl sites for hydroxylation is 2. The van der Waals surface area contributed by atoms with Crippen LogP contribution >= 0.6 is 0 Å². The SMILES string of the molecule is CCCCCc1ccc(C(=O)N2CCN(C3=NC(Cc4ccc(C)cc4)=NCC3)CC2C)cc1. The summed E-state index contributed by atoms with van der Waals surface area (Å²) >= 11 is 0. The molecule has 2 aliphatic rings. The third kappa shape index (κ3) is 6.13. The van der Waals surface area contributed by atoms with Crippen molar-refractivity contribution in [2.75, 3.05) is 26.2 Å². The largest absolute Gasteiger partial charge is 0.356 e. The Kier molecular flexibility index (Phi) is 8.15. The highest BCUT2D eigenvalue weighted by molar-refractivity contribution is 6.00. The van der Waals surface area contributed by atoms with Gasteiger partial charge in [-0.3, -0.25) is 9.79 Å². The molecule has 2 aliphatic heterocycles. The molecule has 0 N–H and O–H groups in total. The minimum atomic E-state index is 0.138. The van der Waals surface area contributed by atoms with Crippen molar-refractivity contribution in [3.8, 4) is 0 Å². The maximum Gasteiger partial charge on any atom is 0.254 e. The van der Waals surface area contributed by atoms with Gasteiger partial charge < -0.3 is 9.80 Å². The molecule has 0 aliphatic carbocycles. The first kappa shape index (κ1) is 24.2. The molecule has 4 rings (SSSR count). The molecule has 0 radical (unpaired) electrons. The molecule has 2 aromatic rings. The van der Waals surface area contributed by atoms with Crippen molar-refractivity contribution in [3.05, 3.63) is 70.8 Å². The number of piperazine rings is 1. The van der Waals surface area contributed by atoms with Gasteiger partial charge in [-0.1, -0.05) is 61.7 Å². The standard InChI is InChI=1S/C29H38N4O/c1-4-5-6-7-24-12-14-26(15-13-24)29(34)33-19-18-32(21-23(33)3)28-16-17-30-27(31-28)20-25-10-8-22(2)9-11-25/h8-15,23H,4-7,16-21H2,1-3H3. The maximum absolute atomic E-state index is 13.2. The van der Waals surface area contributed by atoms with Crippen LogP contribution in [0.4, 0.5) is 0 Å². The Balaban J connectivity index is 1.34. The number of aliphatic imine (C=N–C) groups is 2. The third-order valence-corrected chi connectivity index (χ3v) is 6.89. The fourth-order valence-corrected chi connectivity index (χ4v) is 4.79. The van der Waals surface area contributed by atoms with Crippen molar-refractivity contribution in [2.45, 2.75) is 65.3 Å². The van der Waals surface area contributed by atoms with E-state index in [1.54, 1.807) is 0 Å². The molecule has 1 unspecified atom stereocenters. The molecule has 1 fully saturated rings. The van der Waals surface area contributed by atoms with Crippen LogP contribution in [0.2, 0.25) is 0 Å². The molecule has 2 aromatic carbocycles. The van der Waals surface area contributed by atoms with Crippen LogP contribution in [0.25, 0.3) is 0 Å². The zero-order valence-electron chi connectivity index (χ0n) is 21.0. The number of hydrogen-bond donors (Lipinski definition) is 0. The van der Waals surface area contributed by atoms with Crippen LogP contribution in [-0.4, -0.2) is 59.6 Å². The van der Waals surface area contributed by atoms with Gasteiger partial charge in [-0.15, -0.1) is 0 Å². The topological polar surface area (TPSA) is 48.3 Å². The summed E-state index contributed by atoms with van der Waals surface area (Å²) < 4.78 is 0. The molecule has 180 valence electrons. The van der Waals surface area contributed by atoms with E-state index in [0.29, 0.717) is 0 Å². The summed E-state index contributed by atoms with van der Waals surface area (Å²) in [7, 11) is 0. The van der Waals surface area contributed by atoms with Crippen molar-refractivity contribution in [2.24, 2.45) is 9.98 Å². The lowest BCUT2D eigenvalue weighted by molar-refractivity contribution is 0.0578. The van der Waals surface area contributed by atoms with E-state index in [-0.39, 0.29) is 11.9 Å². The van der Waals surface area contributed by atoms with Gasteiger partial charge in [0.05, 0.1) is 0 Å². The van der Waals surface area contributed by atoms with Gasteiger partial charge in [-0.05, 0) is 49.9 Å². The number of carbonyl (C=O) groups excluding carboxylic acids is 1. The Morgan fingerprint density at radius 2 is 1.74 bits per heavy atom. The number of benzene rings is 2. The molecule has 1 atom stereocenters. The molecule has 0 saturated carbocycles. The number of amidine groups is 2. The van der Waals surface area contributed by atoms with E-state index < -0.39 is 0 Å². The molecule has 0 spiro atoms. The lowest BCUT2D eigenvalue weighted by atomic mass is 10.0. The summed E-state index contributed by atoms with van der Waals surface area (Å²) in [5, 5.41) is 0. The Labute approximate surface area is 204 Å². The predicted molar refractivity (Wildman–Crippen MR) is 141 cm³/mol. The Bertz CT molecular complexity index is 1020. The zero-order valence-corrected chi connectivity index (χ0v) is 21.0. The van der Waals surface area contributed by atoms with E-state index in [1.165, 1.54) is 36.0 Å². The first-order valence-electron chi connectivity index (χ1n) is 12.8. The second-order valence-corrected chi connectivity index (χ2v) is 9.69. The van der Waals surface area contributed by atoms with Crippen molar-refractivity contribution >= 4 is 17.6 Å². The summed E-state index contributed by atoms with van der Waals surface area (Å²) in [6.45, 7) is 9.63. The number of amides is 1. The number of hydrogen-bond acceptors (Lipinski definition) is 4. The Hall–Kier alpha value is -2.95. The highest BCUT2D eigenvalue weighted by Crippen LogP contribution is 2.18. The van der Waals surface area contributed by atoms with Crippen molar-refractivity contribution in [1.29, 1.82) is 0 Å². The molecule has 5 heteroatoms. The lowest BCUT2D eigenvalue weighted by Gasteiger charge is -2.41. The molecule has 2 heterocycles. The van der Waals surface area contributed by atoms with E-state index in [0.717, 1.165) is 62.7 Å². The first-order chi connectivity index (χ1) is 16.5. The van der Waals surface area contributed by atoms with Gasteiger partial charge in [-0.25, -0.2) is 4.99 Å². The number of rotatable bonds is 7. The monoisotopic (exact) mass is 458 g/mol.